The van der Waals surface area contributed by atoms with Gasteiger partial charge in [-0.05, 0) is 45.9 Å². The number of aromatic nitrogens is 2. The van der Waals surface area contributed by atoms with Crippen molar-refractivity contribution < 1.29 is 32.3 Å². The number of hydrogen-bond acceptors (Lipinski definition) is 9. The lowest BCUT2D eigenvalue weighted by molar-refractivity contribution is -0.149. The first-order valence-corrected chi connectivity index (χ1v) is 12.6. The molecule has 0 spiro atoms. The van der Waals surface area contributed by atoms with Crippen LogP contribution in [0.15, 0.2) is 47.4 Å². The van der Waals surface area contributed by atoms with Crippen molar-refractivity contribution in [1.29, 1.82) is 0 Å². The van der Waals surface area contributed by atoms with E-state index in [0.717, 1.165) is 4.57 Å². The highest BCUT2D eigenvalue weighted by atomic mass is 31.2. The SMILES string of the molecule is CC(C)OC(=O)C(C)NP(=O)(OC[C@@H]1C[C@@](C)(F)[C@H](n2ccc(N)nc2=O)O1)Oc1ccccc1. The molecule has 0 bridgehead atoms. The second-order valence-electron chi connectivity index (χ2n) is 8.67. The largest absolute Gasteiger partial charge is 0.462 e. The highest BCUT2D eigenvalue weighted by Gasteiger charge is 2.48. The van der Waals surface area contributed by atoms with Crippen LogP contribution in [-0.4, -0.2) is 46.0 Å². The number of nitrogens with two attached hydrogens (primary N) is 1. The van der Waals surface area contributed by atoms with Gasteiger partial charge in [-0.3, -0.25) is 13.9 Å². The molecule has 1 fully saturated rings. The van der Waals surface area contributed by atoms with Crippen LogP contribution in [0.3, 0.4) is 0 Å². The van der Waals surface area contributed by atoms with Gasteiger partial charge < -0.3 is 19.7 Å². The molecule has 13 heteroatoms. The maximum atomic E-state index is 15.3. The van der Waals surface area contributed by atoms with E-state index in [1.165, 1.54) is 26.1 Å². The third kappa shape index (κ3) is 7.11. The van der Waals surface area contributed by atoms with Gasteiger partial charge in [0.1, 0.15) is 17.6 Å². The number of carbonyl (C=O) groups excluding carboxylic acids is 1. The Balaban J connectivity index is 1.74. The van der Waals surface area contributed by atoms with E-state index in [2.05, 4.69) is 10.1 Å². The second kappa shape index (κ2) is 10.9. The molecule has 3 N–H and O–H groups in total. The van der Waals surface area contributed by atoms with E-state index < -0.39 is 43.4 Å². The van der Waals surface area contributed by atoms with E-state index in [0.29, 0.717) is 0 Å². The summed E-state index contributed by atoms with van der Waals surface area (Å²) in [6.45, 7) is 5.76. The molecule has 0 saturated carbocycles. The molecule has 3 rings (SSSR count). The van der Waals surface area contributed by atoms with E-state index >= 15 is 4.39 Å². The number of hydrogen-bond donors (Lipinski definition) is 2. The van der Waals surface area contributed by atoms with Crippen LogP contribution in [0.4, 0.5) is 10.2 Å². The molecule has 1 aromatic heterocycles. The molecule has 1 aliphatic rings. The molecule has 1 aromatic carbocycles. The number of nitrogens with zero attached hydrogens (tertiary/aromatic N) is 2. The smallest absolute Gasteiger partial charge is 0.459 e. The average Bonchev–Trinajstić information content (AvgIpc) is 3.06. The summed E-state index contributed by atoms with van der Waals surface area (Å²) in [6, 6.07) is 8.55. The molecule has 2 aromatic rings. The number of para-hydroxylation sites is 1. The molecule has 2 unspecified atom stereocenters. The Morgan fingerprint density at radius 1 is 1.34 bits per heavy atom. The van der Waals surface area contributed by atoms with Crippen molar-refractivity contribution in [3.05, 3.63) is 53.1 Å². The van der Waals surface area contributed by atoms with Crippen LogP contribution in [0.1, 0.15) is 40.3 Å². The summed E-state index contributed by atoms with van der Waals surface area (Å²) < 4.78 is 51.9. The first-order valence-electron chi connectivity index (χ1n) is 11.0. The first-order chi connectivity index (χ1) is 16.4. The molecule has 2 heterocycles. The van der Waals surface area contributed by atoms with Crippen LogP contribution < -0.4 is 21.0 Å². The lowest BCUT2D eigenvalue weighted by Gasteiger charge is -2.24. The topological polar surface area (TPSA) is 144 Å². The zero-order chi connectivity index (χ0) is 25.8. The molecular weight excluding hydrogens is 482 g/mol. The number of alkyl halides is 1. The van der Waals surface area contributed by atoms with Crippen LogP contribution in [0, 0.1) is 0 Å². The Bertz CT molecular complexity index is 1130. The highest BCUT2D eigenvalue weighted by molar-refractivity contribution is 7.52. The molecule has 0 aliphatic carbocycles. The summed E-state index contributed by atoms with van der Waals surface area (Å²) in [4.78, 5) is 28.0. The van der Waals surface area contributed by atoms with Gasteiger partial charge in [0.25, 0.3) is 0 Å². The normalized spacial score (nSPS) is 24.6. The third-order valence-corrected chi connectivity index (χ3v) is 6.67. The summed E-state index contributed by atoms with van der Waals surface area (Å²) in [5.41, 5.74) is 2.78. The van der Waals surface area contributed by atoms with E-state index in [-0.39, 0.29) is 30.7 Å². The van der Waals surface area contributed by atoms with Gasteiger partial charge in [0.2, 0.25) is 0 Å². The van der Waals surface area contributed by atoms with Crippen molar-refractivity contribution in [3.8, 4) is 5.75 Å². The molecule has 35 heavy (non-hydrogen) atoms. The van der Waals surface area contributed by atoms with Gasteiger partial charge in [-0.25, -0.2) is 13.8 Å². The Morgan fingerprint density at radius 2 is 2.03 bits per heavy atom. The van der Waals surface area contributed by atoms with Crippen molar-refractivity contribution in [3.63, 3.8) is 0 Å². The summed E-state index contributed by atoms with van der Waals surface area (Å²) in [7, 11) is -4.15. The number of anilines is 1. The number of benzene rings is 1. The van der Waals surface area contributed by atoms with Crippen molar-refractivity contribution in [2.75, 3.05) is 12.3 Å². The highest BCUT2D eigenvalue weighted by Crippen LogP contribution is 2.47. The summed E-state index contributed by atoms with van der Waals surface area (Å²) in [5, 5.41) is 2.56. The fraction of sp³-hybridized carbons (Fsp3) is 0.500. The maximum Gasteiger partial charge on any atom is 0.459 e. The van der Waals surface area contributed by atoms with Crippen molar-refractivity contribution in [1.82, 2.24) is 14.6 Å². The number of rotatable bonds is 10. The molecular formula is C22H30FN4O7P. The number of esters is 1. The Kier molecular flexibility index (Phi) is 8.32. The minimum absolute atomic E-state index is 0.000113. The van der Waals surface area contributed by atoms with Crippen molar-refractivity contribution >= 4 is 19.5 Å². The molecule has 5 atom stereocenters. The molecule has 1 aliphatic heterocycles. The van der Waals surface area contributed by atoms with E-state index in [1.54, 1.807) is 44.2 Å². The van der Waals surface area contributed by atoms with E-state index in [9.17, 15) is 14.2 Å². The van der Waals surface area contributed by atoms with Crippen LogP contribution in [0.2, 0.25) is 0 Å². The van der Waals surface area contributed by atoms with E-state index in [1.807, 2.05) is 0 Å². The zero-order valence-corrected chi connectivity index (χ0v) is 20.8. The standard InChI is InChI=1S/C22H30FN4O7P/c1-14(2)32-19(28)15(3)26-35(30,34-16-8-6-5-7-9-16)31-13-17-12-22(4,23)20(33-17)27-11-10-18(24)25-21(27)29/h5-11,14-15,17,20H,12-13H2,1-4H3,(H,26,30)(H2,24,25,29)/t15?,17-,20+,22+,35?/m0/s1. The second-order valence-corrected chi connectivity index (χ2v) is 10.4. The van der Waals surface area contributed by atoms with Gasteiger partial charge in [-0.2, -0.15) is 10.1 Å². The lowest BCUT2D eigenvalue weighted by Crippen LogP contribution is -2.36. The molecule has 0 radical (unpaired) electrons. The molecule has 0 amide bonds. The number of carbonyl (C=O) groups is 1. The summed E-state index contributed by atoms with van der Waals surface area (Å²) >= 11 is 0. The number of halogens is 1. The quantitative estimate of drug-likeness (QED) is 0.360. The predicted octanol–water partition coefficient (Wildman–Crippen LogP) is 2.97. The van der Waals surface area contributed by atoms with Gasteiger partial charge in [-0.1, -0.05) is 18.2 Å². The molecule has 1 saturated heterocycles. The van der Waals surface area contributed by atoms with Crippen LogP contribution in [0.5, 0.6) is 5.75 Å². The maximum absolute atomic E-state index is 15.3. The van der Waals surface area contributed by atoms with Crippen LogP contribution in [-0.2, 0) is 23.4 Å². The van der Waals surface area contributed by atoms with Gasteiger partial charge in [-0.15, -0.1) is 0 Å². The Morgan fingerprint density at radius 3 is 2.66 bits per heavy atom. The zero-order valence-electron chi connectivity index (χ0n) is 19.9. The lowest BCUT2D eigenvalue weighted by atomic mass is 10.0. The van der Waals surface area contributed by atoms with Crippen molar-refractivity contribution in [2.45, 2.75) is 64.3 Å². The van der Waals surface area contributed by atoms with Gasteiger partial charge in [0.15, 0.2) is 11.9 Å². The fourth-order valence-corrected chi connectivity index (χ4v) is 5.01. The third-order valence-electron chi connectivity index (χ3n) is 5.02. The predicted molar refractivity (Wildman–Crippen MR) is 125 cm³/mol. The van der Waals surface area contributed by atoms with Gasteiger partial charge in [0, 0.05) is 12.6 Å². The first kappa shape index (κ1) is 26.8. The summed E-state index contributed by atoms with van der Waals surface area (Å²) in [5.74, 6) is -0.420. The van der Waals surface area contributed by atoms with Crippen LogP contribution >= 0.6 is 7.75 Å². The Labute approximate surface area is 202 Å². The molecule has 11 nitrogen and oxygen atoms in total. The Hall–Kier alpha value is -2.79. The van der Waals surface area contributed by atoms with Gasteiger partial charge >= 0.3 is 19.4 Å². The molecule has 192 valence electrons. The van der Waals surface area contributed by atoms with E-state index in [4.69, 9.17) is 24.3 Å². The number of nitrogens with one attached hydrogen (secondary N) is 1. The monoisotopic (exact) mass is 512 g/mol. The van der Waals surface area contributed by atoms with Crippen molar-refractivity contribution in [2.24, 2.45) is 0 Å². The minimum atomic E-state index is -4.15. The number of nitrogen functional groups attached to an aromatic ring is 1. The van der Waals surface area contributed by atoms with Crippen LogP contribution in [0.25, 0.3) is 0 Å². The van der Waals surface area contributed by atoms with Gasteiger partial charge in [0.05, 0.1) is 18.8 Å². The fourth-order valence-electron chi connectivity index (χ4n) is 3.49. The number of ether oxygens (including phenoxy) is 2. The average molecular weight is 512 g/mol. The summed E-state index contributed by atoms with van der Waals surface area (Å²) in [6.07, 6.45) is -1.42. The minimum Gasteiger partial charge on any atom is -0.462 e.